The van der Waals surface area contributed by atoms with Crippen molar-refractivity contribution < 1.29 is 38.0 Å². The predicted octanol–water partition coefficient (Wildman–Crippen LogP) is 2.96. The van der Waals surface area contributed by atoms with Gasteiger partial charge in [-0.3, -0.25) is 4.79 Å². The van der Waals surface area contributed by atoms with E-state index in [2.05, 4.69) is 0 Å². The summed E-state index contributed by atoms with van der Waals surface area (Å²) < 4.78 is 38.5. The van der Waals surface area contributed by atoms with Crippen LogP contribution in [-0.4, -0.2) is 90.9 Å². The van der Waals surface area contributed by atoms with Crippen molar-refractivity contribution in [3.8, 4) is 0 Å². The van der Waals surface area contributed by atoms with Crippen molar-refractivity contribution in [2.24, 2.45) is 0 Å². The van der Waals surface area contributed by atoms with Crippen LogP contribution in [0.15, 0.2) is 0 Å². The standard InChI is InChI=1S/C16H30O8.4CH4/c1-11-14(24-12(2)17)16(22-9-7-19-4)15(21-8-6-18-3)13(23-11)10-20-5;;;;/h11,13-16H,6-10H2,1-5H3;4*1H4. The van der Waals surface area contributed by atoms with E-state index in [1.54, 1.807) is 21.3 Å². The van der Waals surface area contributed by atoms with E-state index >= 15 is 0 Å². The maximum Gasteiger partial charge on any atom is 0.303 e. The van der Waals surface area contributed by atoms with Crippen LogP contribution in [-0.2, 0) is 38.0 Å². The second-order valence-electron chi connectivity index (χ2n) is 5.57. The molecule has 1 rings (SSSR count). The highest BCUT2D eigenvalue weighted by Gasteiger charge is 2.47. The molecule has 5 unspecified atom stereocenters. The number of esters is 1. The summed E-state index contributed by atoms with van der Waals surface area (Å²) in [6.07, 6.45) is -2.17. The Kier molecular flexibility index (Phi) is 24.2. The van der Waals surface area contributed by atoms with Crippen LogP contribution in [0.2, 0.25) is 0 Å². The van der Waals surface area contributed by atoms with E-state index < -0.39 is 24.3 Å². The van der Waals surface area contributed by atoms with E-state index in [0.717, 1.165) is 0 Å². The van der Waals surface area contributed by atoms with E-state index in [9.17, 15) is 4.79 Å². The third-order valence-electron chi connectivity index (χ3n) is 3.69. The van der Waals surface area contributed by atoms with E-state index in [0.29, 0.717) is 33.0 Å². The lowest BCUT2D eigenvalue weighted by Crippen LogP contribution is -2.61. The topological polar surface area (TPSA) is 81.7 Å². The SMILES string of the molecule is C.C.C.C.COCCOC1C(COC)OC(C)C(OC(C)=O)C1OCCOC. The minimum atomic E-state index is -0.569. The van der Waals surface area contributed by atoms with Crippen molar-refractivity contribution >= 4 is 5.97 Å². The highest BCUT2D eigenvalue weighted by Crippen LogP contribution is 2.28. The highest BCUT2D eigenvalue weighted by atomic mass is 16.6. The number of hydrogen-bond acceptors (Lipinski definition) is 8. The summed E-state index contributed by atoms with van der Waals surface area (Å²) in [4.78, 5) is 11.5. The molecule has 0 aromatic carbocycles. The fourth-order valence-corrected chi connectivity index (χ4v) is 2.68. The second-order valence-corrected chi connectivity index (χ2v) is 5.57. The lowest BCUT2D eigenvalue weighted by molar-refractivity contribution is -0.258. The molecular weight excluding hydrogens is 368 g/mol. The third kappa shape index (κ3) is 11.3. The molecule has 1 fully saturated rings. The van der Waals surface area contributed by atoms with Crippen molar-refractivity contribution in [3.63, 3.8) is 0 Å². The van der Waals surface area contributed by atoms with Gasteiger partial charge >= 0.3 is 5.97 Å². The van der Waals surface area contributed by atoms with Crippen LogP contribution in [0.4, 0.5) is 0 Å². The molecule has 174 valence electrons. The maximum atomic E-state index is 11.5. The fraction of sp³-hybridized carbons (Fsp3) is 0.950. The lowest BCUT2D eigenvalue weighted by Gasteiger charge is -2.44. The zero-order valence-corrected chi connectivity index (χ0v) is 15.2. The Balaban J connectivity index is -0.000000720. The van der Waals surface area contributed by atoms with Crippen LogP contribution in [0, 0.1) is 0 Å². The van der Waals surface area contributed by atoms with Gasteiger partial charge < -0.3 is 33.2 Å². The number of hydrogen-bond donors (Lipinski definition) is 0. The van der Waals surface area contributed by atoms with Gasteiger partial charge in [0.2, 0.25) is 0 Å². The second kappa shape index (κ2) is 19.5. The van der Waals surface area contributed by atoms with E-state index in [-0.39, 0.29) is 41.9 Å². The Morgan fingerprint density at radius 2 is 1.29 bits per heavy atom. The fourth-order valence-electron chi connectivity index (χ4n) is 2.68. The summed E-state index contributed by atoms with van der Waals surface area (Å²) >= 11 is 0. The van der Waals surface area contributed by atoms with Gasteiger partial charge in [0.05, 0.1) is 39.1 Å². The van der Waals surface area contributed by atoms with Crippen LogP contribution >= 0.6 is 0 Å². The van der Waals surface area contributed by atoms with Gasteiger partial charge in [0.1, 0.15) is 18.3 Å². The van der Waals surface area contributed by atoms with Crippen LogP contribution in [0.5, 0.6) is 0 Å². The van der Waals surface area contributed by atoms with Gasteiger partial charge in [-0.1, -0.05) is 29.7 Å². The summed E-state index contributed by atoms with van der Waals surface area (Å²) in [6, 6.07) is 0. The van der Waals surface area contributed by atoms with Crippen LogP contribution in [0.1, 0.15) is 43.6 Å². The molecule has 0 radical (unpaired) electrons. The molecule has 0 bridgehead atoms. The highest BCUT2D eigenvalue weighted by molar-refractivity contribution is 5.66. The number of carbonyl (C=O) groups is 1. The molecule has 8 heteroatoms. The van der Waals surface area contributed by atoms with Crippen molar-refractivity contribution in [3.05, 3.63) is 0 Å². The molecule has 0 aliphatic carbocycles. The number of rotatable bonds is 11. The van der Waals surface area contributed by atoms with Crippen LogP contribution < -0.4 is 0 Å². The minimum Gasteiger partial charge on any atom is -0.457 e. The van der Waals surface area contributed by atoms with Gasteiger partial charge in [0.15, 0.2) is 6.10 Å². The van der Waals surface area contributed by atoms with Gasteiger partial charge in [0.25, 0.3) is 0 Å². The van der Waals surface area contributed by atoms with Crippen molar-refractivity contribution in [2.75, 3.05) is 54.4 Å². The predicted molar refractivity (Wildman–Crippen MR) is 112 cm³/mol. The zero-order chi connectivity index (χ0) is 17.9. The summed E-state index contributed by atoms with van der Waals surface area (Å²) in [6.45, 7) is 5.15. The molecule has 1 aliphatic rings. The Morgan fingerprint density at radius 1 is 0.786 bits per heavy atom. The first-order valence-electron chi connectivity index (χ1n) is 8.07. The molecule has 0 amide bonds. The third-order valence-corrected chi connectivity index (χ3v) is 3.69. The molecule has 8 nitrogen and oxygen atoms in total. The average molecular weight is 415 g/mol. The molecule has 1 heterocycles. The first kappa shape index (κ1) is 34.7. The van der Waals surface area contributed by atoms with Crippen molar-refractivity contribution in [1.82, 2.24) is 0 Å². The molecule has 1 saturated heterocycles. The summed E-state index contributed by atoms with van der Waals surface area (Å²) in [5.41, 5.74) is 0. The van der Waals surface area contributed by atoms with Gasteiger partial charge in [-0.15, -0.1) is 0 Å². The van der Waals surface area contributed by atoms with Gasteiger partial charge in [-0.05, 0) is 6.92 Å². The van der Waals surface area contributed by atoms with Gasteiger partial charge in [0, 0.05) is 28.3 Å². The Bertz CT molecular complexity index is 353. The van der Waals surface area contributed by atoms with Crippen LogP contribution in [0.3, 0.4) is 0 Å². The average Bonchev–Trinajstić information content (AvgIpc) is 2.53. The van der Waals surface area contributed by atoms with E-state index in [1.165, 1.54) is 6.92 Å². The largest absolute Gasteiger partial charge is 0.457 e. The molecule has 0 saturated carbocycles. The van der Waals surface area contributed by atoms with Crippen molar-refractivity contribution in [1.29, 1.82) is 0 Å². The van der Waals surface area contributed by atoms with Gasteiger partial charge in [-0.25, -0.2) is 0 Å². The molecule has 0 aromatic rings. The molecular formula is C20H46O8. The van der Waals surface area contributed by atoms with E-state index in [4.69, 9.17) is 33.2 Å². The number of carbonyl (C=O) groups excluding carboxylic acids is 1. The summed E-state index contributed by atoms with van der Waals surface area (Å²) in [7, 11) is 4.79. The van der Waals surface area contributed by atoms with Gasteiger partial charge in [-0.2, -0.15) is 0 Å². The monoisotopic (exact) mass is 414 g/mol. The molecule has 0 spiro atoms. The summed E-state index contributed by atoms with van der Waals surface area (Å²) in [5, 5.41) is 0. The maximum absolute atomic E-state index is 11.5. The summed E-state index contributed by atoms with van der Waals surface area (Å²) in [5.74, 6) is -0.392. The number of ether oxygens (including phenoxy) is 7. The normalized spacial score (nSPS) is 26.0. The lowest BCUT2D eigenvalue weighted by atomic mass is 9.95. The molecule has 0 aromatic heterocycles. The zero-order valence-electron chi connectivity index (χ0n) is 15.2. The van der Waals surface area contributed by atoms with E-state index in [1.807, 2.05) is 6.92 Å². The molecule has 28 heavy (non-hydrogen) atoms. The Hall–Kier alpha value is -0.770. The quantitative estimate of drug-likeness (QED) is 0.377. The molecule has 0 N–H and O–H groups in total. The van der Waals surface area contributed by atoms with Crippen LogP contribution in [0.25, 0.3) is 0 Å². The first-order valence-corrected chi connectivity index (χ1v) is 8.07. The Morgan fingerprint density at radius 3 is 1.71 bits per heavy atom. The smallest absolute Gasteiger partial charge is 0.303 e. The molecule has 1 aliphatic heterocycles. The Labute approximate surface area is 173 Å². The minimum absolute atomic E-state index is 0. The number of methoxy groups -OCH3 is 3. The first-order chi connectivity index (χ1) is 11.5. The molecule has 5 atom stereocenters. The van der Waals surface area contributed by atoms with Crippen molar-refractivity contribution in [2.45, 2.75) is 74.1 Å².